The van der Waals surface area contributed by atoms with Gasteiger partial charge in [-0.05, 0) is 67.6 Å². The minimum absolute atomic E-state index is 0.143. The van der Waals surface area contributed by atoms with Crippen LogP contribution >= 0.6 is 0 Å². The van der Waals surface area contributed by atoms with Crippen LogP contribution in [0, 0.1) is 5.82 Å². The standard InChI is InChI=1S/C27H26FN3O4/c28-19-12-20(22-15-31(27(34)21(22)13-19)23-4-5-24(32)29-26(23)33)16-6-9-30(10-7-16)14-18-3-1-2-17-8-11-35-25(17)18/h1-3,8,11-13,16,23H,4-7,9-10,14-15H2,(H,29,32,33). The molecule has 0 bridgehead atoms. The minimum atomic E-state index is -0.699. The van der Waals surface area contributed by atoms with Gasteiger partial charge in [0.1, 0.15) is 17.4 Å². The molecule has 0 saturated carbocycles. The molecule has 35 heavy (non-hydrogen) atoms. The number of carbonyl (C=O) groups excluding carboxylic acids is 3. The van der Waals surface area contributed by atoms with Crippen LogP contribution < -0.4 is 5.32 Å². The molecule has 3 aliphatic heterocycles. The maximum atomic E-state index is 14.6. The van der Waals surface area contributed by atoms with Crippen molar-refractivity contribution < 1.29 is 23.2 Å². The normalized spacial score (nSPS) is 21.6. The maximum Gasteiger partial charge on any atom is 0.255 e. The lowest BCUT2D eigenvalue weighted by Crippen LogP contribution is -2.52. The molecule has 1 atom stereocenters. The SMILES string of the molecule is O=C1CCC(N2Cc3c(cc(F)cc3C3CCN(Cc4cccc5ccoc45)CC3)C2=O)C(=O)N1. The zero-order valence-electron chi connectivity index (χ0n) is 19.3. The van der Waals surface area contributed by atoms with Crippen molar-refractivity contribution in [2.45, 2.75) is 50.7 Å². The van der Waals surface area contributed by atoms with E-state index in [-0.39, 0.29) is 30.7 Å². The third-order valence-corrected chi connectivity index (χ3v) is 7.64. The van der Waals surface area contributed by atoms with Crippen LogP contribution in [0.4, 0.5) is 4.39 Å². The Kier molecular flexibility index (Phi) is 5.40. The van der Waals surface area contributed by atoms with Crippen molar-refractivity contribution in [2.24, 2.45) is 0 Å². The fourth-order valence-corrected chi connectivity index (χ4v) is 5.84. The van der Waals surface area contributed by atoms with Gasteiger partial charge in [0.25, 0.3) is 5.91 Å². The first-order chi connectivity index (χ1) is 17.0. The number of likely N-dealkylation sites (tertiary alicyclic amines) is 1. The highest BCUT2D eigenvalue weighted by Gasteiger charge is 2.41. The molecule has 3 aromatic rings. The number of piperidine rings is 2. The lowest BCUT2D eigenvalue weighted by atomic mass is 9.85. The summed E-state index contributed by atoms with van der Waals surface area (Å²) in [5.41, 5.74) is 4.11. The van der Waals surface area contributed by atoms with Crippen LogP contribution in [0.3, 0.4) is 0 Å². The second-order valence-corrected chi connectivity index (χ2v) is 9.73. The molecule has 1 N–H and O–H groups in total. The largest absolute Gasteiger partial charge is 0.464 e. The summed E-state index contributed by atoms with van der Waals surface area (Å²) in [6.45, 7) is 2.78. The van der Waals surface area contributed by atoms with E-state index in [2.05, 4.69) is 16.3 Å². The monoisotopic (exact) mass is 475 g/mol. The number of nitrogens with one attached hydrogen (secondary N) is 1. The molecule has 6 rings (SSSR count). The van der Waals surface area contributed by atoms with Crippen LogP contribution in [0.2, 0.25) is 0 Å². The molecule has 1 unspecified atom stereocenters. The fourth-order valence-electron chi connectivity index (χ4n) is 5.84. The van der Waals surface area contributed by atoms with E-state index in [4.69, 9.17) is 4.42 Å². The molecule has 0 aliphatic carbocycles. The number of fused-ring (bicyclic) bond motifs is 2. The van der Waals surface area contributed by atoms with Crippen molar-refractivity contribution in [3.63, 3.8) is 0 Å². The number of furan rings is 1. The Morgan fingerprint density at radius 1 is 1.06 bits per heavy atom. The van der Waals surface area contributed by atoms with E-state index >= 15 is 0 Å². The molecule has 0 radical (unpaired) electrons. The van der Waals surface area contributed by atoms with Gasteiger partial charge in [0, 0.05) is 36.0 Å². The Morgan fingerprint density at radius 3 is 2.69 bits per heavy atom. The number of para-hydroxylation sites is 1. The summed E-state index contributed by atoms with van der Waals surface area (Å²) in [6.07, 6.45) is 3.92. The Hall–Kier alpha value is -3.52. The average molecular weight is 476 g/mol. The molecule has 3 aliphatic rings. The smallest absolute Gasteiger partial charge is 0.255 e. The molecule has 2 saturated heterocycles. The number of carbonyl (C=O) groups is 3. The van der Waals surface area contributed by atoms with E-state index in [1.165, 1.54) is 11.0 Å². The summed E-state index contributed by atoms with van der Waals surface area (Å²) in [7, 11) is 0. The van der Waals surface area contributed by atoms with Gasteiger partial charge < -0.3 is 9.32 Å². The predicted molar refractivity (Wildman–Crippen MR) is 126 cm³/mol. The maximum absolute atomic E-state index is 14.6. The number of nitrogens with zero attached hydrogens (tertiary/aromatic N) is 2. The van der Waals surface area contributed by atoms with Gasteiger partial charge in [0.2, 0.25) is 11.8 Å². The fraction of sp³-hybridized carbons (Fsp3) is 0.370. The average Bonchev–Trinajstić information content (AvgIpc) is 3.45. The van der Waals surface area contributed by atoms with Gasteiger partial charge in [-0.2, -0.15) is 0 Å². The first-order valence-electron chi connectivity index (χ1n) is 12.1. The molecule has 7 nitrogen and oxygen atoms in total. The van der Waals surface area contributed by atoms with Crippen LogP contribution in [-0.2, 0) is 22.7 Å². The van der Waals surface area contributed by atoms with Crippen LogP contribution in [0.15, 0.2) is 47.1 Å². The number of rotatable bonds is 4. The van der Waals surface area contributed by atoms with Gasteiger partial charge >= 0.3 is 0 Å². The first kappa shape index (κ1) is 22.0. The van der Waals surface area contributed by atoms with Crippen molar-refractivity contribution in [2.75, 3.05) is 13.1 Å². The number of amides is 3. The summed E-state index contributed by atoms with van der Waals surface area (Å²) in [5.74, 6) is -1.39. The zero-order chi connectivity index (χ0) is 24.1. The number of benzene rings is 2. The summed E-state index contributed by atoms with van der Waals surface area (Å²) in [5, 5.41) is 3.41. The number of halogens is 1. The second kappa shape index (κ2) is 8.61. The van der Waals surface area contributed by atoms with Crippen molar-refractivity contribution in [1.82, 2.24) is 15.1 Å². The van der Waals surface area contributed by atoms with Crippen LogP contribution in [0.25, 0.3) is 11.0 Å². The number of imide groups is 1. The Bertz CT molecular complexity index is 1340. The van der Waals surface area contributed by atoms with Gasteiger partial charge in [0.15, 0.2) is 0 Å². The Morgan fingerprint density at radius 2 is 1.89 bits per heavy atom. The molecule has 180 valence electrons. The third kappa shape index (κ3) is 3.91. The number of hydrogen-bond acceptors (Lipinski definition) is 5. The molecular weight excluding hydrogens is 449 g/mol. The van der Waals surface area contributed by atoms with Crippen LogP contribution in [0.1, 0.15) is 58.6 Å². The van der Waals surface area contributed by atoms with Crippen molar-refractivity contribution in [3.8, 4) is 0 Å². The Balaban J connectivity index is 1.19. The van der Waals surface area contributed by atoms with Crippen LogP contribution in [0.5, 0.6) is 0 Å². The summed E-state index contributed by atoms with van der Waals surface area (Å²) in [4.78, 5) is 40.9. The first-order valence-corrected chi connectivity index (χ1v) is 12.1. The molecular formula is C27H26FN3O4. The van der Waals surface area contributed by atoms with Gasteiger partial charge in [-0.25, -0.2) is 4.39 Å². The Labute approximate surface area is 201 Å². The molecule has 0 spiro atoms. The molecule has 3 amide bonds. The van der Waals surface area contributed by atoms with Gasteiger partial charge in [0.05, 0.1) is 6.26 Å². The van der Waals surface area contributed by atoms with Crippen molar-refractivity contribution in [3.05, 3.63) is 70.7 Å². The summed E-state index contributed by atoms with van der Waals surface area (Å²) >= 11 is 0. The third-order valence-electron chi connectivity index (χ3n) is 7.64. The minimum Gasteiger partial charge on any atom is -0.464 e. The van der Waals surface area contributed by atoms with Gasteiger partial charge in [-0.1, -0.05) is 18.2 Å². The zero-order valence-corrected chi connectivity index (χ0v) is 19.3. The second-order valence-electron chi connectivity index (χ2n) is 9.73. The molecule has 4 heterocycles. The van der Waals surface area contributed by atoms with Gasteiger partial charge in [-0.3, -0.25) is 24.6 Å². The quantitative estimate of drug-likeness (QED) is 0.582. The van der Waals surface area contributed by atoms with E-state index in [9.17, 15) is 18.8 Å². The lowest BCUT2D eigenvalue weighted by Gasteiger charge is -2.33. The van der Waals surface area contributed by atoms with E-state index in [0.29, 0.717) is 12.0 Å². The van der Waals surface area contributed by atoms with E-state index in [1.54, 1.807) is 12.3 Å². The predicted octanol–water partition coefficient (Wildman–Crippen LogP) is 3.71. The van der Waals surface area contributed by atoms with E-state index in [1.807, 2.05) is 18.2 Å². The van der Waals surface area contributed by atoms with Crippen molar-refractivity contribution in [1.29, 1.82) is 0 Å². The topological polar surface area (TPSA) is 82.9 Å². The summed E-state index contributed by atoms with van der Waals surface area (Å²) < 4.78 is 20.3. The molecule has 2 aromatic carbocycles. The highest BCUT2D eigenvalue weighted by atomic mass is 19.1. The number of hydrogen-bond donors (Lipinski definition) is 1. The molecule has 8 heteroatoms. The van der Waals surface area contributed by atoms with E-state index in [0.717, 1.165) is 60.1 Å². The lowest BCUT2D eigenvalue weighted by molar-refractivity contribution is -0.136. The van der Waals surface area contributed by atoms with Gasteiger partial charge in [-0.15, -0.1) is 0 Å². The van der Waals surface area contributed by atoms with Crippen LogP contribution in [-0.4, -0.2) is 46.7 Å². The van der Waals surface area contributed by atoms with E-state index < -0.39 is 17.8 Å². The molecule has 2 fully saturated rings. The highest BCUT2D eigenvalue weighted by Crippen LogP contribution is 2.38. The molecule has 1 aromatic heterocycles. The highest BCUT2D eigenvalue weighted by molar-refractivity contribution is 6.05. The summed E-state index contributed by atoms with van der Waals surface area (Å²) in [6, 6.07) is 10.3. The van der Waals surface area contributed by atoms with Crippen molar-refractivity contribution >= 4 is 28.7 Å².